The van der Waals surface area contributed by atoms with Crippen molar-refractivity contribution in [1.82, 2.24) is 4.90 Å². The molecule has 1 saturated heterocycles. The Balaban J connectivity index is 1.48. The zero-order chi connectivity index (χ0) is 24.8. The quantitative estimate of drug-likeness (QED) is 0.391. The first kappa shape index (κ1) is 24.1. The van der Waals surface area contributed by atoms with Crippen molar-refractivity contribution in [2.45, 2.75) is 20.1 Å². The summed E-state index contributed by atoms with van der Waals surface area (Å²) in [6, 6.07) is 21.1. The van der Waals surface area contributed by atoms with Crippen molar-refractivity contribution < 1.29 is 29.0 Å². The van der Waals surface area contributed by atoms with Crippen LogP contribution in [0.15, 0.2) is 77.7 Å². The number of carboxylic acid groups (broad SMARTS) is 1. The van der Waals surface area contributed by atoms with E-state index < -0.39 is 5.97 Å². The molecular formula is C27H23NO6S. The van der Waals surface area contributed by atoms with Crippen molar-refractivity contribution in [3.8, 4) is 11.5 Å². The summed E-state index contributed by atoms with van der Waals surface area (Å²) in [6.45, 7) is 2.74. The molecule has 0 unspecified atom stereocenters. The zero-order valence-corrected chi connectivity index (χ0v) is 19.8. The Morgan fingerprint density at radius 3 is 2.37 bits per heavy atom. The van der Waals surface area contributed by atoms with Crippen LogP contribution in [0.3, 0.4) is 0 Å². The van der Waals surface area contributed by atoms with E-state index in [2.05, 4.69) is 0 Å². The molecule has 1 aliphatic heterocycles. The fourth-order valence-electron chi connectivity index (χ4n) is 3.46. The molecule has 3 aromatic rings. The van der Waals surface area contributed by atoms with E-state index in [-0.39, 0.29) is 29.9 Å². The third-order valence-corrected chi connectivity index (χ3v) is 6.13. The lowest BCUT2D eigenvalue weighted by atomic mass is 10.1. The lowest BCUT2D eigenvalue weighted by Crippen LogP contribution is -2.27. The van der Waals surface area contributed by atoms with Crippen molar-refractivity contribution in [2.24, 2.45) is 0 Å². The van der Waals surface area contributed by atoms with Gasteiger partial charge in [0.15, 0.2) is 11.5 Å². The minimum Gasteiger partial charge on any atom is -0.490 e. The highest BCUT2D eigenvalue weighted by Gasteiger charge is 2.35. The number of imide groups is 1. The van der Waals surface area contributed by atoms with Gasteiger partial charge in [-0.1, -0.05) is 48.5 Å². The van der Waals surface area contributed by atoms with Gasteiger partial charge in [-0.15, -0.1) is 0 Å². The summed E-state index contributed by atoms with van der Waals surface area (Å²) in [5.41, 5.74) is 2.61. The smallest absolute Gasteiger partial charge is 0.335 e. The Kier molecular flexibility index (Phi) is 7.52. The molecule has 1 heterocycles. The van der Waals surface area contributed by atoms with E-state index in [4.69, 9.17) is 14.6 Å². The molecular weight excluding hydrogens is 466 g/mol. The van der Waals surface area contributed by atoms with E-state index in [1.54, 1.807) is 36.4 Å². The number of amides is 2. The van der Waals surface area contributed by atoms with Crippen molar-refractivity contribution >= 4 is 35.0 Å². The zero-order valence-electron chi connectivity index (χ0n) is 19.0. The number of nitrogens with zero attached hydrogens (tertiary/aromatic N) is 1. The average Bonchev–Trinajstić information content (AvgIpc) is 3.12. The number of carbonyl (C=O) groups is 3. The molecule has 0 aromatic heterocycles. The molecule has 2 amide bonds. The van der Waals surface area contributed by atoms with Gasteiger partial charge in [-0.2, -0.15) is 0 Å². The SMILES string of the molecule is CCOc1cc(C=C2SC(=O)N(Cc3ccccc3)C2=O)ccc1OCc1ccc(C(=O)O)cc1. The molecule has 4 rings (SSSR count). The number of carboxylic acids is 1. The predicted octanol–water partition coefficient (Wildman–Crippen LogP) is 5.60. The van der Waals surface area contributed by atoms with E-state index in [1.807, 2.05) is 37.3 Å². The maximum atomic E-state index is 12.9. The standard InChI is InChI=1S/C27H23NO6S/c1-2-33-23-14-20(10-13-22(23)34-17-19-8-11-21(12-9-19)26(30)31)15-24-25(29)28(27(32)35-24)16-18-6-4-3-5-7-18/h3-15H,2,16-17H2,1H3,(H,30,31). The second-order valence-corrected chi connectivity index (χ2v) is 8.68. The van der Waals surface area contributed by atoms with Gasteiger partial charge in [0.1, 0.15) is 6.61 Å². The van der Waals surface area contributed by atoms with E-state index in [0.717, 1.165) is 22.9 Å². The summed E-state index contributed by atoms with van der Waals surface area (Å²) < 4.78 is 11.6. The van der Waals surface area contributed by atoms with Crippen LogP contribution in [0.2, 0.25) is 0 Å². The Morgan fingerprint density at radius 1 is 0.943 bits per heavy atom. The fourth-order valence-corrected chi connectivity index (χ4v) is 4.30. The van der Waals surface area contributed by atoms with Crippen molar-refractivity contribution in [3.05, 3.63) is 100.0 Å². The number of hydrogen-bond donors (Lipinski definition) is 1. The van der Waals surface area contributed by atoms with Crippen LogP contribution >= 0.6 is 11.8 Å². The Morgan fingerprint density at radius 2 is 1.69 bits per heavy atom. The molecule has 0 spiro atoms. The highest BCUT2D eigenvalue weighted by Crippen LogP contribution is 2.35. The second-order valence-electron chi connectivity index (χ2n) is 7.68. The topological polar surface area (TPSA) is 93.1 Å². The molecule has 0 saturated carbocycles. The first-order valence-corrected chi connectivity index (χ1v) is 11.8. The summed E-state index contributed by atoms with van der Waals surface area (Å²) in [7, 11) is 0. The number of carbonyl (C=O) groups excluding carboxylic acids is 2. The van der Waals surface area contributed by atoms with Crippen LogP contribution < -0.4 is 9.47 Å². The average molecular weight is 490 g/mol. The normalized spacial score (nSPS) is 14.4. The molecule has 1 N–H and O–H groups in total. The van der Waals surface area contributed by atoms with Crippen LogP contribution in [0.5, 0.6) is 11.5 Å². The van der Waals surface area contributed by atoms with Gasteiger partial charge < -0.3 is 14.6 Å². The number of ether oxygens (including phenoxy) is 2. The summed E-state index contributed by atoms with van der Waals surface area (Å²) in [5, 5.41) is 8.72. The van der Waals surface area contributed by atoms with Crippen LogP contribution in [0.4, 0.5) is 4.79 Å². The molecule has 0 aliphatic carbocycles. The monoisotopic (exact) mass is 489 g/mol. The minimum absolute atomic E-state index is 0.210. The van der Waals surface area contributed by atoms with E-state index in [0.29, 0.717) is 28.6 Å². The Hall–Kier alpha value is -4.04. The molecule has 8 heteroatoms. The van der Waals surface area contributed by atoms with Gasteiger partial charge in [-0.3, -0.25) is 14.5 Å². The molecule has 3 aromatic carbocycles. The van der Waals surface area contributed by atoms with Crippen molar-refractivity contribution in [1.29, 1.82) is 0 Å². The van der Waals surface area contributed by atoms with E-state index >= 15 is 0 Å². The second kappa shape index (κ2) is 10.9. The van der Waals surface area contributed by atoms with E-state index in [1.165, 1.54) is 17.0 Å². The summed E-state index contributed by atoms with van der Waals surface area (Å²) >= 11 is 0.915. The van der Waals surface area contributed by atoms with Gasteiger partial charge in [0.2, 0.25) is 0 Å². The van der Waals surface area contributed by atoms with E-state index in [9.17, 15) is 14.4 Å². The summed E-state index contributed by atoms with van der Waals surface area (Å²) in [5.74, 6) is -0.285. The molecule has 35 heavy (non-hydrogen) atoms. The first-order chi connectivity index (χ1) is 16.9. The molecule has 1 aliphatic rings. The highest BCUT2D eigenvalue weighted by molar-refractivity contribution is 8.18. The van der Waals surface area contributed by atoms with Gasteiger partial charge in [0.25, 0.3) is 11.1 Å². The first-order valence-electron chi connectivity index (χ1n) is 11.0. The van der Waals surface area contributed by atoms with Crippen LogP contribution in [0.25, 0.3) is 6.08 Å². The van der Waals surface area contributed by atoms with Gasteiger partial charge in [0, 0.05) is 0 Å². The number of rotatable bonds is 9. The lowest BCUT2D eigenvalue weighted by molar-refractivity contribution is -0.123. The molecule has 0 radical (unpaired) electrons. The number of benzene rings is 3. The van der Waals surface area contributed by atoms with Crippen molar-refractivity contribution in [2.75, 3.05) is 6.61 Å². The summed E-state index contributed by atoms with van der Waals surface area (Å²) in [6.07, 6.45) is 1.67. The number of thioether (sulfide) groups is 1. The molecule has 178 valence electrons. The minimum atomic E-state index is -0.982. The lowest BCUT2D eigenvalue weighted by Gasteiger charge is -2.13. The van der Waals surface area contributed by atoms with Crippen LogP contribution in [-0.2, 0) is 17.9 Å². The Labute approximate surface area is 207 Å². The molecule has 0 atom stereocenters. The van der Waals surface area contributed by atoms with Crippen LogP contribution in [0, 0.1) is 0 Å². The predicted molar refractivity (Wildman–Crippen MR) is 133 cm³/mol. The van der Waals surface area contributed by atoms with Gasteiger partial charge in [-0.25, -0.2) is 4.79 Å². The van der Waals surface area contributed by atoms with Crippen LogP contribution in [-0.4, -0.2) is 33.7 Å². The van der Waals surface area contributed by atoms with Gasteiger partial charge >= 0.3 is 5.97 Å². The third kappa shape index (κ3) is 5.91. The highest BCUT2D eigenvalue weighted by atomic mass is 32.2. The largest absolute Gasteiger partial charge is 0.490 e. The molecule has 0 bridgehead atoms. The number of hydrogen-bond acceptors (Lipinski definition) is 6. The Bertz CT molecular complexity index is 1270. The molecule has 7 nitrogen and oxygen atoms in total. The maximum Gasteiger partial charge on any atom is 0.335 e. The third-order valence-electron chi connectivity index (χ3n) is 5.22. The van der Waals surface area contributed by atoms with Crippen LogP contribution in [0.1, 0.15) is 34.0 Å². The fraction of sp³-hybridized carbons (Fsp3) is 0.148. The van der Waals surface area contributed by atoms with Gasteiger partial charge in [0.05, 0.1) is 23.6 Å². The summed E-state index contributed by atoms with van der Waals surface area (Å²) in [4.78, 5) is 37.9. The maximum absolute atomic E-state index is 12.9. The van der Waals surface area contributed by atoms with Crippen molar-refractivity contribution in [3.63, 3.8) is 0 Å². The number of aromatic carboxylic acids is 1. The van der Waals surface area contributed by atoms with Gasteiger partial charge in [-0.05, 0) is 65.7 Å². The molecule has 1 fully saturated rings.